The molecule has 0 aromatic heterocycles. The zero-order valence-electron chi connectivity index (χ0n) is 9.55. The van der Waals surface area contributed by atoms with Gasteiger partial charge in [0, 0.05) is 19.1 Å². The third-order valence-corrected chi connectivity index (χ3v) is 3.18. The van der Waals surface area contributed by atoms with Crippen molar-refractivity contribution in [2.45, 2.75) is 31.5 Å². The summed E-state index contributed by atoms with van der Waals surface area (Å²) >= 11 is 0. The maximum atomic E-state index is 11.7. The van der Waals surface area contributed by atoms with Crippen LogP contribution in [0.4, 0.5) is 0 Å². The second kappa shape index (κ2) is 5.46. The van der Waals surface area contributed by atoms with Crippen LogP contribution >= 0.6 is 0 Å². The van der Waals surface area contributed by atoms with E-state index in [4.69, 9.17) is 14.6 Å². The van der Waals surface area contributed by atoms with Crippen LogP contribution in [0, 0.1) is 5.92 Å². The number of carboxylic acid groups (broad SMARTS) is 1. The van der Waals surface area contributed by atoms with Gasteiger partial charge in [-0.3, -0.25) is 4.79 Å². The fourth-order valence-electron chi connectivity index (χ4n) is 2.11. The zero-order valence-corrected chi connectivity index (χ0v) is 9.55. The minimum atomic E-state index is -0.996. The number of carboxylic acids is 1. The van der Waals surface area contributed by atoms with E-state index in [1.165, 1.54) is 0 Å². The molecule has 2 rings (SSSR count). The number of ether oxygens (including phenoxy) is 2. The zero-order chi connectivity index (χ0) is 12.3. The van der Waals surface area contributed by atoms with E-state index in [2.05, 4.69) is 5.32 Å². The van der Waals surface area contributed by atoms with Crippen molar-refractivity contribution in [2.75, 3.05) is 19.8 Å². The monoisotopic (exact) mass is 243 g/mol. The third-order valence-electron chi connectivity index (χ3n) is 3.18. The van der Waals surface area contributed by atoms with Gasteiger partial charge in [-0.15, -0.1) is 0 Å². The van der Waals surface area contributed by atoms with E-state index in [1.807, 2.05) is 0 Å². The highest BCUT2D eigenvalue weighted by Crippen LogP contribution is 2.20. The Bertz CT molecular complexity index is 300. The Kier molecular flexibility index (Phi) is 3.96. The molecule has 0 aliphatic carbocycles. The first-order chi connectivity index (χ1) is 8.16. The van der Waals surface area contributed by atoms with Gasteiger partial charge in [0.15, 0.2) is 6.10 Å². The van der Waals surface area contributed by atoms with Crippen LogP contribution in [0.5, 0.6) is 0 Å². The van der Waals surface area contributed by atoms with Crippen LogP contribution in [0.1, 0.15) is 19.3 Å². The second-order valence-corrected chi connectivity index (χ2v) is 4.50. The highest BCUT2D eigenvalue weighted by molar-refractivity contribution is 5.82. The second-order valence-electron chi connectivity index (χ2n) is 4.50. The lowest BCUT2D eigenvalue weighted by Gasteiger charge is -2.13. The van der Waals surface area contributed by atoms with E-state index in [9.17, 15) is 9.59 Å². The fourth-order valence-corrected chi connectivity index (χ4v) is 2.11. The number of amides is 1. The van der Waals surface area contributed by atoms with E-state index in [1.54, 1.807) is 0 Å². The quantitative estimate of drug-likeness (QED) is 0.712. The van der Waals surface area contributed by atoms with Crippen LogP contribution < -0.4 is 5.32 Å². The van der Waals surface area contributed by atoms with Crippen LogP contribution in [0.25, 0.3) is 0 Å². The molecule has 6 heteroatoms. The molecule has 2 aliphatic rings. The van der Waals surface area contributed by atoms with Crippen molar-refractivity contribution in [2.24, 2.45) is 5.92 Å². The summed E-state index contributed by atoms with van der Waals surface area (Å²) in [5.41, 5.74) is 0. The lowest BCUT2D eigenvalue weighted by Crippen LogP contribution is -2.38. The molecule has 2 N–H and O–H groups in total. The number of hydrogen-bond donors (Lipinski definition) is 2. The molecular formula is C11H17NO5. The SMILES string of the molecule is O=C(NCC1CCOC1)[C@@H]1CC[C@H](C(=O)O)O1. The third kappa shape index (κ3) is 3.17. The fraction of sp³-hybridized carbons (Fsp3) is 0.818. The summed E-state index contributed by atoms with van der Waals surface area (Å²) in [6, 6.07) is 0. The van der Waals surface area contributed by atoms with Crippen molar-refractivity contribution < 1.29 is 24.2 Å². The molecule has 3 atom stereocenters. The Hall–Kier alpha value is -1.14. The summed E-state index contributed by atoms with van der Waals surface area (Å²) in [5, 5.41) is 11.5. The molecule has 2 aliphatic heterocycles. The first-order valence-corrected chi connectivity index (χ1v) is 5.90. The van der Waals surface area contributed by atoms with Crippen molar-refractivity contribution >= 4 is 11.9 Å². The number of nitrogens with one attached hydrogen (secondary N) is 1. The summed E-state index contributed by atoms with van der Waals surface area (Å²) in [6.07, 6.45) is 0.395. The summed E-state index contributed by atoms with van der Waals surface area (Å²) < 4.78 is 10.4. The molecule has 96 valence electrons. The van der Waals surface area contributed by atoms with Gasteiger partial charge < -0.3 is 19.9 Å². The van der Waals surface area contributed by atoms with Crippen LogP contribution in [-0.4, -0.2) is 48.9 Å². The molecule has 0 aromatic rings. The van der Waals surface area contributed by atoms with Gasteiger partial charge in [0.05, 0.1) is 6.61 Å². The number of carbonyl (C=O) groups is 2. The van der Waals surface area contributed by atoms with Crippen molar-refractivity contribution in [3.63, 3.8) is 0 Å². The molecule has 0 aromatic carbocycles. The Morgan fingerprint density at radius 2 is 2.00 bits per heavy atom. The minimum Gasteiger partial charge on any atom is -0.479 e. The average molecular weight is 243 g/mol. The van der Waals surface area contributed by atoms with Gasteiger partial charge >= 0.3 is 5.97 Å². The molecule has 6 nitrogen and oxygen atoms in total. The van der Waals surface area contributed by atoms with E-state index < -0.39 is 18.2 Å². The first-order valence-electron chi connectivity index (χ1n) is 5.90. The molecule has 2 saturated heterocycles. The smallest absolute Gasteiger partial charge is 0.332 e. The van der Waals surface area contributed by atoms with Gasteiger partial charge in [-0.1, -0.05) is 0 Å². The summed E-state index contributed by atoms with van der Waals surface area (Å²) in [7, 11) is 0. The van der Waals surface area contributed by atoms with Gasteiger partial charge in [0.2, 0.25) is 5.91 Å². The summed E-state index contributed by atoms with van der Waals surface area (Å²) in [5.74, 6) is -0.833. The molecule has 1 unspecified atom stereocenters. The van der Waals surface area contributed by atoms with Crippen LogP contribution in [-0.2, 0) is 19.1 Å². The first kappa shape index (κ1) is 12.3. The van der Waals surface area contributed by atoms with E-state index in [0.717, 1.165) is 13.0 Å². The number of aliphatic carboxylic acids is 1. The predicted octanol–water partition coefficient (Wildman–Crippen LogP) is -0.229. The van der Waals surface area contributed by atoms with Crippen molar-refractivity contribution in [1.29, 1.82) is 0 Å². The summed E-state index contributed by atoms with van der Waals surface area (Å²) in [4.78, 5) is 22.4. The molecule has 0 bridgehead atoms. The lowest BCUT2D eigenvalue weighted by atomic mass is 10.1. The lowest BCUT2D eigenvalue weighted by molar-refractivity contribution is -0.151. The number of carbonyl (C=O) groups excluding carboxylic acids is 1. The van der Waals surface area contributed by atoms with Gasteiger partial charge in [-0.05, 0) is 19.3 Å². The normalized spacial score (nSPS) is 32.6. The van der Waals surface area contributed by atoms with Gasteiger partial charge in [0.1, 0.15) is 6.10 Å². The highest BCUT2D eigenvalue weighted by Gasteiger charge is 2.34. The van der Waals surface area contributed by atoms with Crippen molar-refractivity contribution in [3.8, 4) is 0 Å². The van der Waals surface area contributed by atoms with Crippen LogP contribution in [0.3, 0.4) is 0 Å². The Labute approximate surface area is 99.3 Å². The molecule has 0 spiro atoms. The van der Waals surface area contributed by atoms with Crippen LogP contribution in [0.15, 0.2) is 0 Å². The number of rotatable bonds is 4. The minimum absolute atomic E-state index is 0.208. The maximum Gasteiger partial charge on any atom is 0.332 e. The number of hydrogen-bond acceptors (Lipinski definition) is 4. The molecule has 1 amide bonds. The Morgan fingerprint density at radius 1 is 1.24 bits per heavy atom. The Balaban J connectivity index is 1.71. The predicted molar refractivity (Wildman–Crippen MR) is 57.5 cm³/mol. The van der Waals surface area contributed by atoms with Crippen LogP contribution in [0.2, 0.25) is 0 Å². The van der Waals surface area contributed by atoms with E-state index in [-0.39, 0.29) is 5.91 Å². The molecule has 0 radical (unpaired) electrons. The molecule has 0 saturated carbocycles. The standard InChI is InChI=1S/C11H17NO5/c13-10(12-5-7-3-4-16-6-7)8-1-2-9(17-8)11(14)15/h7-9H,1-6H2,(H,12,13)(H,14,15)/t7?,8-,9+/m0/s1. The Morgan fingerprint density at radius 3 is 2.59 bits per heavy atom. The summed E-state index contributed by atoms with van der Waals surface area (Å²) in [6.45, 7) is 2.02. The molecular weight excluding hydrogens is 226 g/mol. The van der Waals surface area contributed by atoms with Crippen molar-refractivity contribution in [1.82, 2.24) is 5.32 Å². The van der Waals surface area contributed by atoms with Gasteiger partial charge in [-0.25, -0.2) is 4.79 Å². The van der Waals surface area contributed by atoms with E-state index in [0.29, 0.717) is 31.9 Å². The average Bonchev–Trinajstić information content (AvgIpc) is 2.96. The largest absolute Gasteiger partial charge is 0.479 e. The van der Waals surface area contributed by atoms with Gasteiger partial charge in [0.25, 0.3) is 0 Å². The van der Waals surface area contributed by atoms with Crippen molar-refractivity contribution in [3.05, 3.63) is 0 Å². The van der Waals surface area contributed by atoms with Gasteiger partial charge in [-0.2, -0.15) is 0 Å². The molecule has 2 fully saturated rings. The topological polar surface area (TPSA) is 84.9 Å². The maximum absolute atomic E-state index is 11.7. The van der Waals surface area contributed by atoms with E-state index >= 15 is 0 Å². The molecule has 2 heterocycles. The highest BCUT2D eigenvalue weighted by atomic mass is 16.5. The molecule has 17 heavy (non-hydrogen) atoms.